The maximum absolute atomic E-state index is 5.51. The number of aromatic nitrogens is 2. The Morgan fingerprint density at radius 1 is 0.773 bits per heavy atom. The molecule has 4 unspecified atom stereocenters. The molecule has 1 aromatic heterocycles. The maximum atomic E-state index is 5.51. The van der Waals surface area contributed by atoms with Crippen LogP contribution >= 0.6 is 0 Å². The SMILES string of the molecule is C=Cc1nc(C23C=c4c(c5cc6ccccc6c6c7c(c8cccc4c8c56)[CH]7)=CCC2C3)nc(C23C=CC=CC2C3)c1C=C. The smallest absolute Gasteiger partial charge is 0.139 e. The highest BCUT2D eigenvalue weighted by atomic mass is 15.0. The van der Waals surface area contributed by atoms with Crippen molar-refractivity contribution < 1.29 is 0 Å². The van der Waals surface area contributed by atoms with Crippen LogP contribution in [-0.4, -0.2) is 9.97 Å². The number of hydrogen-bond donors (Lipinski definition) is 0. The third-order valence-corrected chi connectivity index (χ3v) is 11.6. The molecule has 5 aliphatic rings. The fourth-order valence-corrected chi connectivity index (χ4v) is 9.17. The van der Waals surface area contributed by atoms with E-state index in [2.05, 4.69) is 105 Å². The van der Waals surface area contributed by atoms with E-state index >= 15 is 0 Å². The molecular weight excluding hydrogens is 532 g/mol. The lowest BCUT2D eigenvalue weighted by Gasteiger charge is -2.21. The quantitative estimate of drug-likeness (QED) is 0.161. The minimum atomic E-state index is -0.195. The number of hydrogen-bond acceptors (Lipinski definition) is 2. The molecule has 0 saturated heterocycles. The van der Waals surface area contributed by atoms with Gasteiger partial charge in [-0.2, -0.15) is 0 Å². The molecule has 2 saturated carbocycles. The lowest BCUT2D eigenvalue weighted by atomic mass is 9.87. The summed E-state index contributed by atoms with van der Waals surface area (Å²) in [4.78, 5) is 10.8. The summed E-state index contributed by atoms with van der Waals surface area (Å²) in [5.41, 5.74) is 5.65. The molecule has 0 amide bonds. The highest BCUT2D eigenvalue weighted by Gasteiger charge is 2.59. The average Bonchev–Trinajstić information content (AvgIpc) is 3.95. The highest BCUT2D eigenvalue weighted by Crippen LogP contribution is 2.61. The Morgan fingerprint density at radius 2 is 1.66 bits per heavy atom. The molecule has 5 aliphatic carbocycles. The molecule has 6 aromatic rings. The van der Waals surface area contributed by atoms with Crippen molar-refractivity contribution in [2.24, 2.45) is 11.8 Å². The summed E-state index contributed by atoms with van der Waals surface area (Å²) in [5.74, 6) is 1.93. The maximum Gasteiger partial charge on any atom is 0.139 e. The van der Waals surface area contributed by atoms with Crippen molar-refractivity contribution in [1.29, 1.82) is 0 Å². The predicted molar refractivity (Wildman–Crippen MR) is 183 cm³/mol. The third kappa shape index (κ3) is 2.70. The summed E-state index contributed by atoms with van der Waals surface area (Å²) in [7, 11) is 0. The summed E-state index contributed by atoms with van der Waals surface area (Å²) >= 11 is 0. The van der Waals surface area contributed by atoms with Crippen molar-refractivity contribution in [3.8, 4) is 0 Å². The van der Waals surface area contributed by atoms with Crippen LogP contribution in [0.3, 0.4) is 0 Å². The fraction of sp³-hybridized carbons (Fsp3) is 0.167. The monoisotopic (exact) mass is 561 g/mol. The number of fused-ring (bicyclic) bond motifs is 10. The van der Waals surface area contributed by atoms with E-state index in [0.717, 1.165) is 42.0 Å². The lowest BCUT2D eigenvalue weighted by Crippen LogP contribution is -2.29. The fourth-order valence-electron chi connectivity index (χ4n) is 9.17. The molecule has 11 rings (SSSR count). The molecule has 2 nitrogen and oxygen atoms in total. The van der Waals surface area contributed by atoms with Crippen molar-refractivity contribution >= 4 is 67.4 Å². The van der Waals surface area contributed by atoms with E-state index in [1.165, 1.54) is 64.7 Å². The zero-order valence-corrected chi connectivity index (χ0v) is 24.4. The van der Waals surface area contributed by atoms with E-state index in [1.54, 1.807) is 0 Å². The highest BCUT2D eigenvalue weighted by molar-refractivity contribution is 6.33. The first kappa shape index (κ1) is 23.6. The molecule has 2 fully saturated rings. The molecule has 0 aliphatic heterocycles. The topological polar surface area (TPSA) is 25.8 Å². The van der Waals surface area contributed by atoms with E-state index in [4.69, 9.17) is 9.97 Å². The first-order valence-electron chi connectivity index (χ1n) is 15.9. The van der Waals surface area contributed by atoms with Crippen molar-refractivity contribution in [2.45, 2.75) is 30.1 Å². The minimum Gasteiger partial charge on any atom is -0.235 e. The van der Waals surface area contributed by atoms with Gasteiger partial charge in [-0.05, 0) is 108 Å². The predicted octanol–water partition coefficient (Wildman–Crippen LogP) is 8.03. The Bertz CT molecular complexity index is 2560. The van der Waals surface area contributed by atoms with E-state index in [0.29, 0.717) is 11.8 Å². The van der Waals surface area contributed by atoms with Gasteiger partial charge in [0.15, 0.2) is 0 Å². The van der Waals surface area contributed by atoms with E-state index in [-0.39, 0.29) is 10.8 Å². The van der Waals surface area contributed by atoms with Crippen molar-refractivity contribution in [3.05, 3.63) is 137 Å². The van der Waals surface area contributed by atoms with Gasteiger partial charge < -0.3 is 0 Å². The largest absolute Gasteiger partial charge is 0.235 e. The van der Waals surface area contributed by atoms with Gasteiger partial charge in [-0.1, -0.05) is 98.2 Å². The molecule has 1 radical (unpaired) electrons. The van der Waals surface area contributed by atoms with Crippen molar-refractivity contribution in [1.82, 2.24) is 9.97 Å². The van der Waals surface area contributed by atoms with Crippen LogP contribution in [0.5, 0.6) is 0 Å². The average molecular weight is 562 g/mol. The number of benzene rings is 5. The van der Waals surface area contributed by atoms with Gasteiger partial charge in [0.1, 0.15) is 5.82 Å². The Kier molecular flexibility index (Phi) is 4.09. The number of nitrogens with zero attached hydrogens (tertiary/aromatic N) is 2. The second kappa shape index (κ2) is 7.63. The normalized spacial score (nSPS) is 26.8. The number of allylic oxidation sites excluding steroid dienone is 4. The van der Waals surface area contributed by atoms with Crippen LogP contribution in [0.1, 0.15) is 53.2 Å². The summed E-state index contributed by atoms with van der Waals surface area (Å²) in [6.45, 7) is 8.37. The molecule has 0 bridgehead atoms. The molecule has 4 atom stereocenters. The molecule has 2 heteroatoms. The Labute approximate surface area is 255 Å². The van der Waals surface area contributed by atoms with Gasteiger partial charge in [0.25, 0.3) is 0 Å². The second-order valence-corrected chi connectivity index (χ2v) is 13.6. The standard InChI is InChI=1S/C42H29N2/c1-3-26-35(4-2)43-40(44-39(26)41-17-8-7-11-24(41)20-41)42-21-25(42)15-16-28-32-18-23-10-5-6-12-27(23)36-33-19-31(33)29-13-9-14-30(34(28)22-42)37(29)38(32)36/h3-14,16-19,22,24-25H,1-2,15,20-21H2. The van der Waals surface area contributed by atoms with Crippen LogP contribution in [0.2, 0.25) is 0 Å². The molecule has 0 spiro atoms. The molecular formula is C42H29N2. The van der Waals surface area contributed by atoms with Crippen LogP contribution in [0, 0.1) is 18.3 Å². The first-order chi connectivity index (χ1) is 21.6. The molecule has 0 N–H and O–H groups in total. The van der Waals surface area contributed by atoms with Gasteiger partial charge in [-0.25, -0.2) is 9.97 Å². The Balaban J connectivity index is 1.25. The lowest BCUT2D eigenvalue weighted by molar-refractivity contribution is 0.684. The van der Waals surface area contributed by atoms with Gasteiger partial charge in [0.2, 0.25) is 0 Å². The van der Waals surface area contributed by atoms with Crippen molar-refractivity contribution in [2.75, 3.05) is 0 Å². The summed E-state index contributed by atoms with van der Waals surface area (Å²) < 4.78 is 0. The van der Waals surface area contributed by atoms with Gasteiger partial charge in [-0.15, -0.1) is 0 Å². The van der Waals surface area contributed by atoms with Crippen LogP contribution < -0.4 is 10.4 Å². The van der Waals surface area contributed by atoms with Crippen molar-refractivity contribution in [3.63, 3.8) is 0 Å². The van der Waals surface area contributed by atoms with E-state index < -0.39 is 0 Å². The summed E-state index contributed by atoms with van der Waals surface area (Å²) in [5, 5.41) is 13.8. The van der Waals surface area contributed by atoms with Crippen LogP contribution in [0.4, 0.5) is 0 Å². The molecule has 5 aromatic carbocycles. The number of rotatable bonds is 4. The van der Waals surface area contributed by atoms with Crippen LogP contribution in [-0.2, 0) is 10.8 Å². The van der Waals surface area contributed by atoms with Gasteiger partial charge in [0.05, 0.1) is 16.8 Å². The molecule has 1 heterocycles. The summed E-state index contributed by atoms with van der Waals surface area (Å²) in [6.07, 6.45) is 23.6. The Hall–Kier alpha value is -4.82. The molecule has 207 valence electrons. The zero-order valence-electron chi connectivity index (χ0n) is 24.4. The van der Waals surface area contributed by atoms with E-state index in [9.17, 15) is 0 Å². The first-order valence-corrected chi connectivity index (χ1v) is 15.9. The third-order valence-electron chi connectivity index (χ3n) is 11.6. The van der Waals surface area contributed by atoms with Crippen LogP contribution in [0.15, 0.2) is 86.0 Å². The van der Waals surface area contributed by atoms with Gasteiger partial charge in [-0.3, -0.25) is 0 Å². The molecule has 44 heavy (non-hydrogen) atoms. The van der Waals surface area contributed by atoms with Crippen LogP contribution in [0.25, 0.3) is 67.4 Å². The Morgan fingerprint density at radius 3 is 2.55 bits per heavy atom. The van der Waals surface area contributed by atoms with Gasteiger partial charge in [0, 0.05) is 17.4 Å². The zero-order chi connectivity index (χ0) is 28.9. The summed E-state index contributed by atoms with van der Waals surface area (Å²) in [6, 6.07) is 18.3. The van der Waals surface area contributed by atoms with Gasteiger partial charge >= 0.3 is 0 Å². The minimum absolute atomic E-state index is 0.0536. The second-order valence-electron chi connectivity index (χ2n) is 13.6. The van der Waals surface area contributed by atoms with E-state index in [1.807, 2.05) is 12.2 Å².